The number of aliphatic hydroxyl groups excluding tert-OH is 2. The molecule has 2 aliphatic heterocycles. The van der Waals surface area contributed by atoms with Crippen LogP contribution in [0.5, 0.6) is 0 Å². The number of rotatable bonds is 0. The summed E-state index contributed by atoms with van der Waals surface area (Å²) in [4.78, 5) is 3.94. The number of aromatic nitrogens is 4. The van der Waals surface area contributed by atoms with Gasteiger partial charge in [-0.3, -0.25) is 10.5 Å². The largest absolute Gasteiger partial charge is 0.388 e. The summed E-state index contributed by atoms with van der Waals surface area (Å²) >= 11 is 0. The number of nitrogens with one attached hydrogen (secondary N) is 2. The first kappa shape index (κ1) is 10.2. The molecule has 2 aliphatic rings. The first-order chi connectivity index (χ1) is 8.66. The number of hydrogen-bond donors (Lipinski definition) is 4. The molecule has 8 heteroatoms. The van der Waals surface area contributed by atoms with Crippen molar-refractivity contribution in [3.8, 4) is 0 Å². The monoisotopic (exact) mass is 249 g/mol. The van der Waals surface area contributed by atoms with Gasteiger partial charge in [0.1, 0.15) is 24.4 Å². The van der Waals surface area contributed by atoms with Crippen LogP contribution in [0.25, 0.3) is 11.0 Å². The van der Waals surface area contributed by atoms with Crippen LogP contribution in [0.3, 0.4) is 0 Å². The Balaban J connectivity index is 2.06. The van der Waals surface area contributed by atoms with E-state index in [4.69, 9.17) is 10.1 Å². The van der Waals surface area contributed by atoms with Crippen LogP contribution in [0.1, 0.15) is 11.8 Å². The van der Waals surface area contributed by atoms with E-state index in [1.165, 1.54) is 6.33 Å². The number of aliphatic hydroxyl groups is 2. The molecule has 94 valence electrons. The quantitative estimate of drug-likeness (QED) is 0.449. The van der Waals surface area contributed by atoms with Gasteiger partial charge >= 0.3 is 0 Å². The van der Waals surface area contributed by atoms with Gasteiger partial charge in [-0.15, -0.1) is 0 Å². The van der Waals surface area contributed by atoms with Crippen LogP contribution >= 0.6 is 0 Å². The lowest BCUT2D eigenvalue weighted by Crippen LogP contribution is -2.34. The third-order valence-electron chi connectivity index (χ3n) is 3.63. The summed E-state index contributed by atoms with van der Waals surface area (Å²) in [6.07, 6.45) is -1.48. The molecule has 2 aromatic rings. The Hall–Kier alpha value is -1.77. The second kappa shape index (κ2) is 3.16. The van der Waals surface area contributed by atoms with Gasteiger partial charge in [0.25, 0.3) is 0 Å². The molecule has 4 atom stereocenters. The summed E-state index contributed by atoms with van der Waals surface area (Å²) in [5, 5.41) is 34.4. The maximum absolute atomic E-state index is 9.96. The Morgan fingerprint density at radius 1 is 1.44 bits per heavy atom. The summed E-state index contributed by atoms with van der Waals surface area (Å²) in [6, 6.07) is 0. The highest BCUT2D eigenvalue weighted by Gasteiger charge is 2.47. The zero-order valence-corrected chi connectivity index (χ0v) is 9.24. The van der Waals surface area contributed by atoms with Gasteiger partial charge < -0.3 is 19.5 Å². The number of aromatic amines is 1. The molecule has 2 aromatic heterocycles. The van der Waals surface area contributed by atoms with Crippen molar-refractivity contribution in [2.45, 2.75) is 31.0 Å². The Morgan fingerprint density at radius 3 is 3.11 bits per heavy atom. The first-order valence-electron chi connectivity index (χ1n) is 5.66. The molecule has 0 saturated carbocycles. The highest BCUT2D eigenvalue weighted by atomic mass is 16.5. The predicted molar refractivity (Wildman–Crippen MR) is 57.4 cm³/mol. The van der Waals surface area contributed by atoms with Gasteiger partial charge in [0.2, 0.25) is 0 Å². The minimum absolute atomic E-state index is 0.0801. The highest BCUT2D eigenvalue weighted by molar-refractivity contribution is 5.76. The van der Waals surface area contributed by atoms with Crippen LogP contribution in [0.15, 0.2) is 6.33 Å². The van der Waals surface area contributed by atoms with E-state index < -0.39 is 24.4 Å². The molecule has 0 aromatic carbocycles. The number of hydrogen-bond acceptors (Lipinski definition) is 6. The van der Waals surface area contributed by atoms with Crippen molar-refractivity contribution in [1.82, 2.24) is 19.7 Å². The third-order valence-corrected chi connectivity index (χ3v) is 3.63. The standard InChI is InChI=1S/C10H11N5O3/c11-10-5-6-4(13-14-5)9-8(17)7(16)3(18-9)1-15(6)2-12-10/h2-3,7-9,11,16-17H,1H2,(H,13,14)/t3-,7-,8-,9+/m1/s1. The topological polar surface area (TPSA) is 120 Å². The molecule has 0 amide bonds. The Kier molecular flexibility index (Phi) is 1.79. The number of ether oxygens (including phenoxy) is 1. The molecule has 1 saturated heterocycles. The molecule has 18 heavy (non-hydrogen) atoms. The molecule has 0 unspecified atom stereocenters. The maximum atomic E-state index is 9.96. The summed E-state index contributed by atoms with van der Waals surface area (Å²) in [7, 11) is 0. The van der Waals surface area contributed by atoms with Crippen LogP contribution in [0, 0.1) is 5.41 Å². The molecule has 0 spiro atoms. The van der Waals surface area contributed by atoms with Crippen molar-refractivity contribution >= 4 is 11.0 Å². The molecular weight excluding hydrogens is 238 g/mol. The minimum Gasteiger partial charge on any atom is -0.388 e. The summed E-state index contributed by atoms with van der Waals surface area (Å²) in [5.41, 5.74) is 1.84. The number of nitrogens with zero attached hydrogens (tertiary/aromatic N) is 3. The Bertz CT molecular complexity index is 692. The molecule has 8 nitrogen and oxygen atoms in total. The number of H-pyrrole nitrogens is 1. The normalized spacial score (nSPS) is 33.9. The molecule has 2 bridgehead atoms. The zero-order chi connectivity index (χ0) is 12.4. The van der Waals surface area contributed by atoms with E-state index >= 15 is 0 Å². The van der Waals surface area contributed by atoms with Gasteiger partial charge in [0.05, 0.1) is 24.1 Å². The van der Waals surface area contributed by atoms with Crippen molar-refractivity contribution < 1.29 is 14.9 Å². The molecular formula is C10H11N5O3. The summed E-state index contributed by atoms with van der Waals surface area (Å²) < 4.78 is 7.43. The summed E-state index contributed by atoms with van der Waals surface area (Å²) in [6.45, 7) is 0.380. The second-order valence-corrected chi connectivity index (χ2v) is 4.66. The van der Waals surface area contributed by atoms with Gasteiger partial charge in [-0.05, 0) is 0 Å². The molecule has 0 aliphatic carbocycles. The summed E-state index contributed by atoms with van der Waals surface area (Å²) in [5.74, 6) is 0. The van der Waals surface area contributed by atoms with Crippen LogP contribution in [-0.4, -0.2) is 48.3 Å². The van der Waals surface area contributed by atoms with E-state index in [1.54, 1.807) is 4.57 Å². The highest BCUT2D eigenvalue weighted by Crippen LogP contribution is 2.38. The lowest BCUT2D eigenvalue weighted by Gasteiger charge is -2.18. The fourth-order valence-electron chi connectivity index (χ4n) is 2.72. The van der Waals surface area contributed by atoms with Gasteiger partial charge in [0.15, 0.2) is 11.0 Å². The van der Waals surface area contributed by atoms with Gasteiger partial charge in [-0.1, -0.05) is 0 Å². The molecule has 4 N–H and O–H groups in total. The van der Waals surface area contributed by atoms with E-state index in [2.05, 4.69) is 15.2 Å². The zero-order valence-electron chi connectivity index (χ0n) is 9.24. The smallest absolute Gasteiger partial charge is 0.176 e. The average Bonchev–Trinajstić information content (AvgIpc) is 2.84. The molecule has 0 radical (unpaired) electrons. The number of fused-ring (bicyclic) bond motifs is 3. The molecule has 4 heterocycles. The predicted octanol–water partition coefficient (Wildman–Crippen LogP) is -1.59. The van der Waals surface area contributed by atoms with Gasteiger partial charge in [0, 0.05) is 0 Å². The second-order valence-electron chi connectivity index (χ2n) is 4.66. The lowest BCUT2D eigenvalue weighted by molar-refractivity contribution is 0.00191. The van der Waals surface area contributed by atoms with Crippen molar-refractivity contribution in [3.05, 3.63) is 17.5 Å². The van der Waals surface area contributed by atoms with Crippen LogP contribution in [-0.2, 0) is 11.3 Å². The fraction of sp³-hybridized carbons (Fsp3) is 0.500. The van der Waals surface area contributed by atoms with E-state index in [-0.39, 0.29) is 5.49 Å². The van der Waals surface area contributed by atoms with Crippen molar-refractivity contribution in [2.75, 3.05) is 0 Å². The molecule has 4 rings (SSSR count). The first-order valence-corrected chi connectivity index (χ1v) is 5.66. The van der Waals surface area contributed by atoms with E-state index in [1.807, 2.05) is 0 Å². The van der Waals surface area contributed by atoms with Crippen molar-refractivity contribution in [1.29, 1.82) is 5.41 Å². The Morgan fingerprint density at radius 2 is 2.28 bits per heavy atom. The average molecular weight is 249 g/mol. The van der Waals surface area contributed by atoms with E-state index in [9.17, 15) is 10.2 Å². The van der Waals surface area contributed by atoms with Crippen LogP contribution < -0.4 is 5.49 Å². The van der Waals surface area contributed by atoms with E-state index in [0.717, 1.165) is 0 Å². The van der Waals surface area contributed by atoms with E-state index in [0.29, 0.717) is 23.3 Å². The fourth-order valence-corrected chi connectivity index (χ4v) is 2.72. The van der Waals surface area contributed by atoms with Gasteiger partial charge in [-0.25, -0.2) is 4.98 Å². The maximum Gasteiger partial charge on any atom is 0.176 e. The SMILES string of the molecule is N=c1ncn2c3c([nH]nc13)[C@@H]1O[C@H](C2)[C@@H](O)[C@H]1O. The van der Waals surface area contributed by atoms with Gasteiger partial charge in [-0.2, -0.15) is 5.10 Å². The van der Waals surface area contributed by atoms with Crippen molar-refractivity contribution in [2.24, 2.45) is 0 Å². The van der Waals surface area contributed by atoms with Crippen LogP contribution in [0.4, 0.5) is 0 Å². The minimum atomic E-state index is -0.977. The third kappa shape index (κ3) is 1.07. The molecule has 1 fully saturated rings. The Labute approximate surface area is 100 Å². The van der Waals surface area contributed by atoms with Crippen LogP contribution in [0.2, 0.25) is 0 Å². The lowest BCUT2D eigenvalue weighted by atomic mass is 10.0. The van der Waals surface area contributed by atoms with Crippen molar-refractivity contribution in [3.63, 3.8) is 0 Å².